The van der Waals surface area contributed by atoms with Gasteiger partial charge in [0.15, 0.2) is 5.76 Å². The van der Waals surface area contributed by atoms with E-state index in [1.807, 2.05) is 0 Å². The SMILES string of the molecule is Cc1ccc(N(C(=O)CNC(=O)c2ccco2)[C@@H](C(=O)NC2CCCC2)c2ccncc2)cc1F. The van der Waals surface area contributed by atoms with Crippen LogP contribution in [0.2, 0.25) is 0 Å². The van der Waals surface area contributed by atoms with Crippen LogP contribution in [-0.4, -0.2) is 35.3 Å². The quantitative estimate of drug-likeness (QED) is 0.514. The van der Waals surface area contributed by atoms with E-state index in [1.165, 1.54) is 35.7 Å². The van der Waals surface area contributed by atoms with Gasteiger partial charge in [-0.25, -0.2) is 4.39 Å². The third-order valence-electron chi connectivity index (χ3n) is 6.08. The fourth-order valence-electron chi connectivity index (χ4n) is 4.22. The fraction of sp³-hybridized carbons (Fsp3) is 0.308. The van der Waals surface area contributed by atoms with Crippen LogP contribution >= 0.6 is 0 Å². The molecule has 1 aliphatic carbocycles. The Kier molecular flexibility index (Phi) is 7.54. The van der Waals surface area contributed by atoms with Gasteiger partial charge in [0, 0.05) is 24.1 Å². The molecule has 1 aliphatic rings. The highest BCUT2D eigenvalue weighted by Crippen LogP contribution is 2.30. The van der Waals surface area contributed by atoms with Crippen LogP contribution in [0, 0.1) is 12.7 Å². The van der Waals surface area contributed by atoms with Gasteiger partial charge in [0.1, 0.15) is 11.9 Å². The molecule has 35 heavy (non-hydrogen) atoms. The number of nitrogens with zero attached hydrogens (tertiary/aromatic N) is 2. The van der Waals surface area contributed by atoms with Crippen molar-refractivity contribution in [3.8, 4) is 0 Å². The highest BCUT2D eigenvalue weighted by Gasteiger charge is 2.34. The van der Waals surface area contributed by atoms with E-state index in [4.69, 9.17) is 4.42 Å². The fourth-order valence-corrected chi connectivity index (χ4v) is 4.22. The van der Waals surface area contributed by atoms with Crippen LogP contribution in [-0.2, 0) is 9.59 Å². The number of rotatable bonds is 8. The second-order valence-electron chi connectivity index (χ2n) is 8.53. The van der Waals surface area contributed by atoms with Gasteiger partial charge >= 0.3 is 0 Å². The molecule has 4 rings (SSSR count). The van der Waals surface area contributed by atoms with Crippen molar-refractivity contribution in [3.05, 3.63) is 83.8 Å². The number of halogens is 1. The number of hydrogen-bond donors (Lipinski definition) is 2. The lowest BCUT2D eigenvalue weighted by atomic mass is 10.0. The molecule has 3 aromatic rings. The maximum absolute atomic E-state index is 14.6. The van der Waals surface area contributed by atoms with Crippen molar-refractivity contribution in [3.63, 3.8) is 0 Å². The summed E-state index contributed by atoms with van der Waals surface area (Å²) in [6, 6.07) is 9.60. The number of aromatic nitrogens is 1. The molecule has 0 saturated heterocycles. The summed E-state index contributed by atoms with van der Waals surface area (Å²) in [5, 5.41) is 5.56. The molecular formula is C26H27FN4O4. The van der Waals surface area contributed by atoms with Crippen molar-refractivity contribution in [1.29, 1.82) is 0 Å². The maximum Gasteiger partial charge on any atom is 0.287 e. The number of nitrogens with one attached hydrogen (secondary N) is 2. The zero-order chi connectivity index (χ0) is 24.8. The molecule has 1 aromatic carbocycles. The Morgan fingerprint density at radius 1 is 1.14 bits per heavy atom. The second kappa shape index (κ2) is 10.9. The topological polar surface area (TPSA) is 105 Å². The Bertz CT molecular complexity index is 1180. The summed E-state index contributed by atoms with van der Waals surface area (Å²) in [6.45, 7) is 1.19. The molecule has 2 aromatic heterocycles. The van der Waals surface area contributed by atoms with Gasteiger partial charge < -0.3 is 15.1 Å². The lowest BCUT2D eigenvalue weighted by Crippen LogP contribution is -2.49. The van der Waals surface area contributed by atoms with Crippen LogP contribution in [0.15, 0.2) is 65.5 Å². The van der Waals surface area contributed by atoms with E-state index >= 15 is 0 Å². The zero-order valence-electron chi connectivity index (χ0n) is 19.4. The van der Waals surface area contributed by atoms with Gasteiger partial charge in [0.2, 0.25) is 11.8 Å². The van der Waals surface area contributed by atoms with Crippen molar-refractivity contribution in [2.24, 2.45) is 0 Å². The van der Waals surface area contributed by atoms with Gasteiger partial charge in [0.05, 0.1) is 12.8 Å². The Morgan fingerprint density at radius 2 is 1.89 bits per heavy atom. The molecular weight excluding hydrogens is 451 g/mol. The maximum atomic E-state index is 14.6. The van der Waals surface area contributed by atoms with E-state index in [0.29, 0.717) is 11.1 Å². The lowest BCUT2D eigenvalue weighted by molar-refractivity contribution is -0.126. The highest BCUT2D eigenvalue weighted by atomic mass is 19.1. The van der Waals surface area contributed by atoms with Gasteiger partial charge in [-0.15, -0.1) is 0 Å². The third kappa shape index (κ3) is 5.74. The summed E-state index contributed by atoms with van der Waals surface area (Å²) in [5.41, 5.74) is 1.12. The standard InChI is InChI=1S/C26H27FN4O4/c1-17-8-9-20(15-21(17)27)31(23(32)16-29-25(33)22-7-4-14-35-22)24(18-10-12-28-13-11-18)26(34)30-19-5-2-3-6-19/h4,7-15,19,24H,2-3,5-6,16H2,1H3,(H,29,33)(H,30,34)/t24-/m1/s1. The number of pyridine rings is 1. The molecule has 8 nitrogen and oxygen atoms in total. The largest absolute Gasteiger partial charge is 0.459 e. The Labute approximate surface area is 202 Å². The Balaban J connectivity index is 1.69. The summed E-state index contributed by atoms with van der Waals surface area (Å²) in [5.74, 6) is -2.00. The van der Waals surface area contributed by atoms with Gasteiger partial charge in [-0.05, 0) is 67.3 Å². The minimum absolute atomic E-state index is 0.0113. The smallest absolute Gasteiger partial charge is 0.287 e. The first-order valence-corrected chi connectivity index (χ1v) is 11.5. The highest BCUT2D eigenvalue weighted by molar-refractivity contribution is 6.04. The van der Waals surface area contributed by atoms with Gasteiger partial charge in [0.25, 0.3) is 5.91 Å². The van der Waals surface area contributed by atoms with Gasteiger partial charge in [-0.2, -0.15) is 0 Å². The summed E-state index contributed by atoms with van der Waals surface area (Å²) in [7, 11) is 0. The number of amides is 3. The number of hydrogen-bond acceptors (Lipinski definition) is 5. The van der Waals surface area contributed by atoms with Crippen LogP contribution in [0.3, 0.4) is 0 Å². The lowest BCUT2D eigenvalue weighted by Gasteiger charge is -2.32. The van der Waals surface area contributed by atoms with Crippen LogP contribution in [0.1, 0.15) is 53.4 Å². The number of carbonyl (C=O) groups excluding carboxylic acids is 3. The first-order chi connectivity index (χ1) is 16.9. The molecule has 9 heteroatoms. The molecule has 0 aliphatic heterocycles. The minimum Gasteiger partial charge on any atom is -0.459 e. The molecule has 182 valence electrons. The van der Waals surface area contributed by atoms with Gasteiger partial charge in [-0.1, -0.05) is 18.9 Å². The second-order valence-corrected chi connectivity index (χ2v) is 8.53. The number of furan rings is 1. The normalized spacial score (nSPS) is 14.3. The van der Waals surface area contributed by atoms with E-state index < -0.39 is 30.2 Å². The van der Waals surface area contributed by atoms with E-state index in [-0.39, 0.29) is 23.4 Å². The third-order valence-corrected chi connectivity index (χ3v) is 6.08. The molecule has 1 saturated carbocycles. The summed E-state index contributed by atoms with van der Waals surface area (Å²) in [6.07, 6.45) is 8.18. The zero-order valence-corrected chi connectivity index (χ0v) is 19.4. The minimum atomic E-state index is -1.09. The Hall–Kier alpha value is -4.01. The summed E-state index contributed by atoms with van der Waals surface area (Å²) < 4.78 is 19.6. The molecule has 0 unspecified atom stereocenters. The number of aryl methyl sites for hydroxylation is 1. The van der Waals surface area contributed by atoms with E-state index in [9.17, 15) is 18.8 Å². The number of anilines is 1. The molecule has 1 atom stereocenters. The van der Waals surface area contributed by atoms with E-state index in [2.05, 4.69) is 15.6 Å². The van der Waals surface area contributed by atoms with Crippen LogP contribution in [0.25, 0.3) is 0 Å². The average molecular weight is 479 g/mol. The van der Waals surface area contributed by atoms with E-state index in [1.54, 1.807) is 37.3 Å². The monoisotopic (exact) mass is 478 g/mol. The molecule has 2 N–H and O–H groups in total. The molecule has 0 bridgehead atoms. The molecule has 2 heterocycles. The molecule has 0 spiro atoms. The number of carbonyl (C=O) groups is 3. The average Bonchev–Trinajstić information content (AvgIpc) is 3.58. The summed E-state index contributed by atoms with van der Waals surface area (Å²) in [4.78, 5) is 44.7. The van der Waals surface area contributed by atoms with Crippen molar-refractivity contribution >= 4 is 23.4 Å². The Morgan fingerprint density at radius 3 is 2.54 bits per heavy atom. The first kappa shape index (κ1) is 24.1. The van der Waals surface area contributed by atoms with E-state index in [0.717, 1.165) is 25.7 Å². The number of benzene rings is 1. The predicted molar refractivity (Wildman–Crippen MR) is 127 cm³/mol. The summed E-state index contributed by atoms with van der Waals surface area (Å²) >= 11 is 0. The molecule has 0 radical (unpaired) electrons. The predicted octanol–water partition coefficient (Wildman–Crippen LogP) is 3.69. The van der Waals surface area contributed by atoms with Crippen molar-refractivity contribution in [2.75, 3.05) is 11.4 Å². The van der Waals surface area contributed by atoms with Gasteiger partial charge in [-0.3, -0.25) is 24.3 Å². The van der Waals surface area contributed by atoms with Crippen LogP contribution < -0.4 is 15.5 Å². The van der Waals surface area contributed by atoms with Crippen LogP contribution in [0.4, 0.5) is 10.1 Å². The molecule has 1 fully saturated rings. The van der Waals surface area contributed by atoms with Crippen molar-refractivity contribution in [1.82, 2.24) is 15.6 Å². The van der Waals surface area contributed by atoms with Crippen molar-refractivity contribution < 1.29 is 23.2 Å². The van der Waals surface area contributed by atoms with Crippen LogP contribution in [0.5, 0.6) is 0 Å². The molecule has 3 amide bonds. The van der Waals surface area contributed by atoms with Crippen molar-refractivity contribution in [2.45, 2.75) is 44.7 Å². The first-order valence-electron chi connectivity index (χ1n) is 11.5.